The second-order valence-corrected chi connectivity index (χ2v) is 4.83. The highest BCUT2D eigenvalue weighted by Crippen LogP contribution is 2.19. The standard InChI is InChI=1S/C14H22N2O/c1-16(2)14-7-5-13(6-8-14)15-12-4-3-10-17-11-9-12/h5-8,12,15H,3-4,9-11H2,1-2H3. The summed E-state index contributed by atoms with van der Waals surface area (Å²) in [7, 11) is 4.12. The van der Waals surface area contributed by atoms with Gasteiger partial charge in [0.05, 0.1) is 0 Å². The van der Waals surface area contributed by atoms with Gasteiger partial charge in [0.25, 0.3) is 0 Å². The third-order valence-corrected chi connectivity index (χ3v) is 3.21. The van der Waals surface area contributed by atoms with Gasteiger partial charge in [-0.1, -0.05) is 0 Å². The lowest BCUT2D eigenvalue weighted by atomic mass is 10.1. The van der Waals surface area contributed by atoms with E-state index >= 15 is 0 Å². The number of benzene rings is 1. The summed E-state index contributed by atoms with van der Waals surface area (Å²) in [5, 5.41) is 3.59. The highest BCUT2D eigenvalue weighted by molar-refractivity contribution is 5.54. The van der Waals surface area contributed by atoms with Crippen molar-refractivity contribution < 1.29 is 4.74 Å². The summed E-state index contributed by atoms with van der Waals surface area (Å²) >= 11 is 0. The summed E-state index contributed by atoms with van der Waals surface area (Å²) in [6.07, 6.45) is 3.47. The fourth-order valence-corrected chi connectivity index (χ4v) is 2.14. The molecule has 94 valence electrons. The van der Waals surface area contributed by atoms with Crippen molar-refractivity contribution >= 4 is 11.4 Å². The molecule has 1 heterocycles. The zero-order chi connectivity index (χ0) is 12.1. The van der Waals surface area contributed by atoms with Crippen LogP contribution >= 0.6 is 0 Å². The van der Waals surface area contributed by atoms with Crippen LogP contribution in [0.25, 0.3) is 0 Å². The summed E-state index contributed by atoms with van der Waals surface area (Å²) in [6, 6.07) is 9.16. The average molecular weight is 234 g/mol. The number of hydrogen-bond donors (Lipinski definition) is 1. The van der Waals surface area contributed by atoms with Crippen LogP contribution in [0.3, 0.4) is 0 Å². The van der Waals surface area contributed by atoms with Crippen molar-refractivity contribution in [2.24, 2.45) is 0 Å². The Morgan fingerprint density at radius 3 is 2.59 bits per heavy atom. The molecule has 0 aliphatic carbocycles. The monoisotopic (exact) mass is 234 g/mol. The maximum absolute atomic E-state index is 5.47. The number of anilines is 2. The van der Waals surface area contributed by atoms with E-state index in [0.717, 1.165) is 26.1 Å². The van der Waals surface area contributed by atoms with E-state index < -0.39 is 0 Å². The van der Waals surface area contributed by atoms with Crippen LogP contribution in [-0.2, 0) is 4.74 Å². The first-order chi connectivity index (χ1) is 8.25. The molecule has 1 aliphatic heterocycles. The van der Waals surface area contributed by atoms with Gasteiger partial charge in [-0.3, -0.25) is 0 Å². The van der Waals surface area contributed by atoms with Crippen LogP contribution in [0.4, 0.5) is 11.4 Å². The van der Waals surface area contributed by atoms with Crippen LogP contribution in [0, 0.1) is 0 Å². The topological polar surface area (TPSA) is 24.5 Å². The fourth-order valence-electron chi connectivity index (χ4n) is 2.14. The lowest BCUT2D eigenvalue weighted by molar-refractivity contribution is 0.144. The lowest BCUT2D eigenvalue weighted by Crippen LogP contribution is -2.19. The van der Waals surface area contributed by atoms with Crippen molar-refractivity contribution in [3.05, 3.63) is 24.3 Å². The largest absolute Gasteiger partial charge is 0.382 e. The molecule has 0 spiro atoms. The van der Waals surface area contributed by atoms with Crippen LogP contribution in [0.5, 0.6) is 0 Å². The van der Waals surface area contributed by atoms with Crippen molar-refractivity contribution in [1.82, 2.24) is 0 Å². The van der Waals surface area contributed by atoms with E-state index in [1.807, 2.05) is 0 Å². The molecule has 1 N–H and O–H groups in total. The Morgan fingerprint density at radius 1 is 1.12 bits per heavy atom. The van der Waals surface area contributed by atoms with Gasteiger partial charge in [-0.2, -0.15) is 0 Å². The van der Waals surface area contributed by atoms with Gasteiger partial charge >= 0.3 is 0 Å². The normalized spacial score (nSPS) is 20.7. The molecule has 0 aromatic heterocycles. The molecule has 1 atom stereocenters. The molecule has 1 aliphatic rings. The zero-order valence-electron chi connectivity index (χ0n) is 10.8. The van der Waals surface area contributed by atoms with Crippen LogP contribution in [0.1, 0.15) is 19.3 Å². The van der Waals surface area contributed by atoms with Gasteiger partial charge in [0.15, 0.2) is 0 Å². The Bertz CT molecular complexity index is 327. The average Bonchev–Trinajstić information content (AvgIpc) is 2.58. The van der Waals surface area contributed by atoms with Crippen molar-refractivity contribution in [2.75, 3.05) is 37.5 Å². The maximum atomic E-state index is 5.47. The molecule has 1 fully saturated rings. The van der Waals surface area contributed by atoms with E-state index in [1.54, 1.807) is 0 Å². The predicted octanol–water partition coefficient (Wildman–Crippen LogP) is 2.73. The first kappa shape index (κ1) is 12.2. The van der Waals surface area contributed by atoms with E-state index in [1.165, 1.54) is 17.8 Å². The van der Waals surface area contributed by atoms with Gasteiger partial charge in [-0.05, 0) is 43.5 Å². The Balaban J connectivity index is 1.93. The second kappa shape index (κ2) is 5.92. The molecule has 0 bridgehead atoms. The molecule has 3 nitrogen and oxygen atoms in total. The smallest absolute Gasteiger partial charge is 0.0485 e. The molecular weight excluding hydrogens is 212 g/mol. The Morgan fingerprint density at radius 2 is 1.88 bits per heavy atom. The Hall–Kier alpha value is -1.22. The summed E-state index contributed by atoms with van der Waals surface area (Å²) in [5.41, 5.74) is 2.45. The zero-order valence-corrected chi connectivity index (χ0v) is 10.8. The van der Waals surface area contributed by atoms with E-state index in [-0.39, 0.29) is 0 Å². The molecule has 1 aromatic rings. The fraction of sp³-hybridized carbons (Fsp3) is 0.571. The Kier molecular flexibility index (Phi) is 4.26. The number of rotatable bonds is 3. The first-order valence-corrected chi connectivity index (χ1v) is 6.37. The SMILES string of the molecule is CN(C)c1ccc(NC2CCCOCC2)cc1. The third-order valence-electron chi connectivity index (χ3n) is 3.21. The molecule has 1 unspecified atom stereocenters. The van der Waals surface area contributed by atoms with Gasteiger partial charge in [-0.25, -0.2) is 0 Å². The van der Waals surface area contributed by atoms with Gasteiger partial charge in [0.2, 0.25) is 0 Å². The summed E-state index contributed by atoms with van der Waals surface area (Å²) in [5.74, 6) is 0. The molecule has 2 rings (SSSR count). The molecule has 3 heteroatoms. The number of nitrogens with one attached hydrogen (secondary N) is 1. The minimum atomic E-state index is 0.558. The molecular formula is C14H22N2O. The summed E-state index contributed by atoms with van der Waals surface area (Å²) < 4.78 is 5.47. The van der Waals surface area contributed by atoms with Gasteiger partial charge in [0, 0.05) is 44.7 Å². The van der Waals surface area contributed by atoms with Crippen molar-refractivity contribution in [3.63, 3.8) is 0 Å². The van der Waals surface area contributed by atoms with Gasteiger partial charge in [0.1, 0.15) is 0 Å². The molecule has 1 saturated heterocycles. The summed E-state index contributed by atoms with van der Waals surface area (Å²) in [4.78, 5) is 2.11. The van der Waals surface area contributed by atoms with Gasteiger partial charge in [-0.15, -0.1) is 0 Å². The highest BCUT2D eigenvalue weighted by Gasteiger charge is 2.11. The molecule has 0 saturated carbocycles. The molecule has 0 amide bonds. The van der Waals surface area contributed by atoms with Crippen molar-refractivity contribution in [3.8, 4) is 0 Å². The maximum Gasteiger partial charge on any atom is 0.0485 e. The highest BCUT2D eigenvalue weighted by atomic mass is 16.5. The summed E-state index contributed by atoms with van der Waals surface area (Å²) in [6.45, 7) is 1.80. The lowest BCUT2D eigenvalue weighted by Gasteiger charge is -2.18. The minimum absolute atomic E-state index is 0.558. The van der Waals surface area contributed by atoms with Crippen LogP contribution in [-0.4, -0.2) is 33.4 Å². The minimum Gasteiger partial charge on any atom is -0.382 e. The third kappa shape index (κ3) is 3.63. The van der Waals surface area contributed by atoms with Crippen molar-refractivity contribution in [1.29, 1.82) is 0 Å². The second-order valence-electron chi connectivity index (χ2n) is 4.83. The quantitative estimate of drug-likeness (QED) is 0.870. The Labute approximate surface area is 104 Å². The van der Waals surface area contributed by atoms with E-state index in [9.17, 15) is 0 Å². The predicted molar refractivity (Wildman–Crippen MR) is 72.8 cm³/mol. The molecule has 1 aromatic carbocycles. The van der Waals surface area contributed by atoms with Crippen molar-refractivity contribution in [2.45, 2.75) is 25.3 Å². The first-order valence-electron chi connectivity index (χ1n) is 6.37. The van der Waals surface area contributed by atoms with Crippen LogP contribution in [0.2, 0.25) is 0 Å². The molecule has 17 heavy (non-hydrogen) atoms. The van der Waals surface area contributed by atoms with E-state index in [4.69, 9.17) is 4.74 Å². The number of nitrogens with zero attached hydrogens (tertiary/aromatic N) is 1. The van der Waals surface area contributed by atoms with Gasteiger partial charge < -0.3 is 15.0 Å². The van der Waals surface area contributed by atoms with E-state index in [0.29, 0.717) is 6.04 Å². The number of ether oxygens (including phenoxy) is 1. The number of hydrogen-bond acceptors (Lipinski definition) is 3. The van der Waals surface area contributed by atoms with Crippen LogP contribution in [0.15, 0.2) is 24.3 Å². The van der Waals surface area contributed by atoms with E-state index in [2.05, 4.69) is 48.6 Å². The van der Waals surface area contributed by atoms with Crippen LogP contribution < -0.4 is 10.2 Å². The molecule has 0 radical (unpaired) electrons.